The van der Waals surface area contributed by atoms with Gasteiger partial charge in [-0.15, -0.1) is 6.58 Å². The van der Waals surface area contributed by atoms with Crippen LogP contribution in [0.15, 0.2) is 23.2 Å². The first-order valence-electron chi connectivity index (χ1n) is 7.80. The molecule has 2 atom stereocenters. The molecule has 0 unspecified atom stereocenters. The summed E-state index contributed by atoms with van der Waals surface area (Å²) in [5.74, 6) is 0. The molecule has 1 N–H and O–H groups in total. The van der Waals surface area contributed by atoms with Crippen molar-refractivity contribution in [2.45, 2.75) is 63.7 Å². The molecule has 22 heavy (non-hydrogen) atoms. The molecule has 0 aliphatic heterocycles. The molecule has 0 fully saturated rings. The molecule has 0 aromatic carbocycles. The lowest BCUT2D eigenvalue weighted by molar-refractivity contribution is 0.586. The van der Waals surface area contributed by atoms with Crippen LogP contribution in [0, 0.1) is 0 Å². The maximum atomic E-state index is 12.4. The van der Waals surface area contributed by atoms with Gasteiger partial charge in [-0.25, -0.2) is 8.93 Å². The van der Waals surface area contributed by atoms with Crippen LogP contribution in [0.25, 0.3) is 0 Å². The van der Waals surface area contributed by atoms with Gasteiger partial charge in [-0.05, 0) is 64.5 Å². The molecule has 2 rings (SSSR count). The fourth-order valence-corrected chi connectivity index (χ4v) is 4.05. The summed E-state index contributed by atoms with van der Waals surface area (Å²) in [6.07, 6.45) is 7.12. The second kappa shape index (κ2) is 7.37. The predicted octanol–water partition coefficient (Wildman–Crippen LogP) is 4.39. The standard InChI is InChI=1S/C17H25BrN2OS/c1-5-8-15(20-22(21)17(2,3)4)16-11-13(18)12-9-6-7-10-14(12)19-16/h5,11,15,20H,1,6-10H2,2-4H3/t15-,22-/m0/s1. The number of hydrogen-bond donors (Lipinski definition) is 1. The van der Waals surface area contributed by atoms with Gasteiger partial charge in [0.05, 0.1) is 27.5 Å². The third-order valence-electron chi connectivity index (χ3n) is 3.83. The zero-order chi connectivity index (χ0) is 16.3. The molecule has 1 aromatic heterocycles. The summed E-state index contributed by atoms with van der Waals surface area (Å²) in [4.78, 5) is 4.85. The third-order valence-corrected chi connectivity index (χ3v) is 6.15. The smallest absolute Gasteiger partial charge is 0.0976 e. The van der Waals surface area contributed by atoms with E-state index in [1.807, 2.05) is 26.8 Å². The first-order valence-corrected chi connectivity index (χ1v) is 9.74. The van der Waals surface area contributed by atoms with Crippen molar-refractivity contribution < 1.29 is 4.21 Å². The van der Waals surface area contributed by atoms with Crippen LogP contribution in [0.2, 0.25) is 0 Å². The molecule has 5 heteroatoms. The van der Waals surface area contributed by atoms with E-state index in [9.17, 15) is 4.21 Å². The van der Waals surface area contributed by atoms with Gasteiger partial charge in [0.1, 0.15) is 0 Å². The number of nitrogens with one attached hydrogen (secondary N) is 1. The van der Waals surface area contributed by atoms with Gasteiger partial charge in [-0.2, -0.15) is 0 Å². The number of halogens is 1. The first-order chi connectivity index (χ1) is 10.3. The van der Waals surface area contributed by atoms with Crippen molar-refractivity contribution in [2.24, 2.45) is 0 Å². The Morgan fingerprint density at radius 1 is 1.45 bits per heavy atom. The number of rotatable bonds is 5. The van der Waals surface area contributed by atoms with Crippen molar-refractivity contribution in [3.05, 3.63) is 40.1 Å². The SMILES string of the molecule is C=CC[C@H](N[S@@](=O)C(C)(C)C)c1cc(Br)c2c(n1)CCCC2. The first kappa shape index (κ1) is 17.8. The van der Waals surface area contributed by atoms with Gasteiger partial charge < -0.3 is 0 Å². The number of aryl methyl sites for hydroxylation is 1. The zero-order valence-electron chi connectivity index (χ0n) is 13.6. The predicted molar refractivity (Wildman–Crippen MR) is 97.2 cm³/mol. The minimum Gasteiger partial charge on any atom is -0.256 e. The van der Waals surface area contributed by atoms with Gasteiger partial charge in [0.15, 0.2) is 0 Å². The van der Waals surface area contributed by atoms with E-state index in [0.29, 0.717) is 6.42 Å². The largest absolute Gasteiger partial charge is 0.256 e. The highest BCUT2D eigenvalue weighted by molar-refractivity contribution is 9.10. The van der Waals surface area contributed by atoms with Crippen LogP contribution in [0.4, 0.5) is 0 Å². The quantitative estimate of drug-likeness (QED) is 0.764. The average Bonchev–Trinajstić information content (AvgIpc) is 2.45. The Balaban J connectivity index is 2.30. The summed E-state index contributed by atoms with van der Waals surface area (Å²) in [5, 5.41) is 0. The molecule has 1 aliphatic rings. The van der Waals surface area contributed by atoms with Crippen LogP contribution in [-0.4, -0.2) is 13.9 Å². The fraction of sp³-hybridized carbons (Fsp3) is 0.588. The van der Waals surface area contributed by atoms with Crippen molar-refractivity contribution >= 4 is 26.9 Å². The van der Waals surface area contributed by atoms with Gasteiger partial charge in [-0.1, -0.05) is 22.0 Å². The summed E-state index contributed by atoms with van der Waals surface area (Å²) in [7, 11) is -1.13. The van der Waals surface area contributed by atoms with Crippen molar-refractivity contribution in [2.75, 3.05) is 0 Å². The lowest BCUT2D eigenvalue weighted by Crippen LogP contribution is -2.36. The Morgan fingerprint density at radius 2 is 2.14 bits per heavy atom. The monoisotopic (exact) mass is 384 g/mol. The highest BCUT2D eigenvalue weighted by atomic mass is 79.9. The molecule has 0 saturated heterocycles. The summed E-state index contributed by atoms with van der Waals surface area (Å²) in [6.45, 7) is 9.74. The van der Waals surface area contributed by atoms with E-state index in [4.69, 9.17) is 4.98 Å². The molecular formula is C17H25BrN2OS. The van der Waals surface area contributed by atoms with E-state index in [1.165, 1.54) is 24.1 Å². The maximum Gasteiger partial charge on any atom is 0.0976 e. The molecule has 0 amide bonds. The Labute approximate surface area is 144 Å². The topological polar surface area (TPSA) is 42.0 Å². The Kier molecular flexibility index (Phi) is 5.97. The second-order valence-corrected chi connectivity index (χ2v) is 9.59. The van der Waals surface area contributed by atoms with Crippen molar-refractivity contribution in [1.29, 1.82) is 0 Å². The van der Waals surface area contributed by atoms with Crippen molar-refractivity contribution in [3.63, 3.8) is 0 Å². The van der Waals surface area contributed by atoms with E-state index < -0.39 is 11.0 Å². The van der Waals surface area contributed by atoms with Gasteiger partial charge >= 0.3 is 0 Å². The van der Waals surface area contributed by atoms with Gasteiger partial charge in [0.25, 0.3) is 0 Å². The number of pyridine rings is 1. The van der Waals surface area contributed by atoms with E-state index in [1.54, 1.807) is 0 Å². The van der Waals surface area contributed by atoms with Crippen LogP contribution in [0.5, 0.6) is 0 Å². The lowest BCUT2D eigenvalue weighted by atomic mass is 9.95. The Hall–Kier alpha value is -0.520. The van der Waals surface area contributed by atoms with E-state index in [0.717, 1.165) is 23.0 Å². The molecule has 0 saturated carbocycles. The molecular weight excluding hydrogens is 360 g/mol. The number of nitrogens with zero attached hydrogens (tertiary/aromatic N) is 1. The van der Waals surface area contributed by atoms with Crippen molar-refractivity contribution in [3.8, 4) is 0 Å². The fourth-order valence-electron chi connectivity index (χ4n) is 2.56. The summed E-state index contributed by atoms with van der Waals surface area (Å²) >= 11 is 3.69. The summed E-state index contributed by atoms with van der Waals surface area (Å²) in [5.41, 5.74) is 3.47. The average molecular weight is 385 g/mol. The molecule has 0 radical (unpaired) electrons. The van der Waals surface area contributed by atoms with E-state index >= 15 is 0 Å². The molecule has 0 bridgehead atoms. The van der Waals surface area contributed by atoms with Gasteiger partial charge in [0.2, 0.25) is 0 Å². The third kappa shape index (κ3) is 4.27. The van der Waals surface area contributed by atoms with Crippen LogP contribution in [-0.2, 0) is 23.8 Å². The van der Waals surface area contributed by atoms with E-state index in [-0.39, 0.29) is 10.8 Å². The maximum absolute atomic E-state index is 12.4. The van der Waals surface area contributed by atoms with Crippen LogP contribution >= 0.6 is 15.9 Å². The van der Waals surface area contributed by atoms with Gasteiger partial charge in [0, 0.05) is 10.2 Å². The van der Waals surface area contributed by atoms with Gasteiger partial charge in [-0.3, -0.25) is 4.98 Å². The van der Waals surface area contributed by atoms with Crippen LogP contribution in [0.1, 0.15) is 63.0 Å². The molecule has 1 aliphatic carbocycles. The Morgan fingerprint density at radius 3 is 2.77 bits per heavy atom. The van der Waals surface area contributed by atoms with Crippen LogP contribution < -0.4 is 4.72 Å². The number of hydrogen-bond acceptors (Lipinski definition) is 2. The summed E-state index contributed by atoms with van der Waals surface area (Å²) < 4.78 is 16.5. The number of aromatic nitrogens is 1. The zero-order valence-corrected chi connectivity index (χ0v) is 16.0. The van der Waals surface area contributed by atoms with Crippen LogP contribution in [0.3, 0.4) is 0 Å². The minimum absolute atomic E-state index is 0.0684. The van der Waals surface area contributed by atoms with Crippen molar-refractivity contribution in [1.82, 2.24) is 9.71 Å². The highest BCUT2D eigenvalue weighted by Gasteiger charge is 2.25. The molecule has 122 valence electrons. The number of fused-ring (bicyclic) bond motifs is 1. The normalized spacial score (nSPS) is 17.6. The molecule has 1 aromatic rings. The Bertz CT molecular complexity index is 581. The second-order valence-electron chi connectivity index (χ2n) is 6.74. The molecule has 0 spiro atoms. The molecule has 3 nitrogen and oxygen atoms in total. The van der Waals surface area contributed by atoms with E-state index in [2.05, 4.69) is 33.3 Å². The summed E-state index contributed by atoms with van der Waals surface area (Å²) in [6, 6.07) is 2.01. The highest BCUT2D eigenvalue weighted by Crippen LogP contribution is 2.30. The molecule has 1 heterocycles. The minimum atomic E-state index is -1.13. The lowest BCUT2D eigenvalue weighted by Gasteiger charge is -2.25.